The zero-order valence-electron chi connectivity index (χ0n) is 6.02. The number of hydrogen-bond acceptors (Lipinski definition) is 5. The van der Waals surface area contributed by atoms with E-state index in [1.54, 1.807) is 0 Å². The molecule has 60 valence electrons. The molecule has 0 saturated carbocycles. The minimum absolute atomic E-state index is 0.397. The van der Waals surface area contributed by atoms with Crippen molar-refractivity contribution in [1.82, 2.24) is 4.98 Å². The Morgan fingerprint density at radius 2 is 2.45 bits per heavy atom. The van der Waals surface area contributed by atoms with Gasteiger partial charge in [0, 0.05) is 6.20 Å². The van der Waals surface area contributed by atoms with Crippen molar-refractivity contribution >= 4 is 23.2 Å². The van der Waals surface area contributed by atoms with Gasteiger partial charge in [0.05, 0.1) is 11.4 Å². The zero-order valence-corrected chi connectivity index (χ0v) is 6.84. The fourth-order valence-electron chi connectivity index (χ4n) is 0.579. The molecule has 1 heterocycles. The molecule has 0 amide bonds. The van der Waals surface area contributed by atoms with E-state index in [2.05, 4.69) is 4.98 Å². The third kappa shape index (κ3) is 2.18. The van der Waals surface area contributed by atoms with Crippen LogP contribution in [-0.4, -0.2) is 28.8 Å². The molecular formula is C5H8BNO3S. The van der Waals surface area contributed by atoms with E-state index < -0.39 is 7.12 Å². The molecule has 0 aliphatic heterocycles. The van der Waals surface area contributed by atoms with E-state index in [1.165, 1.54) is 6.20 Å². The Labute approximate surface area is 68.6 Å². The van der Waals surface area contributed by atoms with Crippen LogP contribution in [0.5, 0.6) is 5.19 Å². The Morgan fingerprint density at radius 1 is 1.73 bits per heavy atom. The first-order chi connectivity index (χ1) is 5.24. The van der Waals surface area contributed by atoms with Gasteiger partial charge in [-0.1, -0.05) is 11.3 Å². The molecule has 1 aromatic heterocycles. The summed E-state index contributed by atoms with van der Waals surface area (Å²) in [5.41, 5.74) is 0. The van der Waals surface area contributed by atoms with Crippen LogP contribution in [0.2, 0.25) is 0 Å². The topological polar surface area (TPSA) is 62.6 Å². The minimum atomic E-state index is -1.44. The fourth-order valence-corrected chi connectivity index (χ4v) is 1.27. The van der Waals surface area contributed by atoms with Crippen LogP contribution in [0.3, 0.4) is 0 Å². The van der Waals surface area contributed by atoms with Gasteiger partial charge in [0.15, 0.2) is 0 Å². The van der Waals surface area contributed by atoms with Crippen molar-refractivity contribution < 1.29 is 14.8 Å². The van der Waals surface area contributed by atoms with Crippen LogP contribution in [0.15, 0.2) is 6.20 Å². The summed E-state index contributed by atoms with van der Waals surface area (Å²) in [4.78, 5) is 3.80. The van der Waals surface area contributed by atoms with Crippen molar-refractivity contribution in [1.29, 1.82) is 0 Å². The molecule has 11 heavy (non-hydrogen) atoms. The summed E-state index contributed by atoms with van der Waals surface area (Å²) < 4.78 is 5.42. The second-order valence-electron chi connectivity index (χ2n) is 1.84. The van der Waals surface area contributed by atoms with E-state index in [-0.39, 0.29) is 0 Å². The monoisotopic (exact) mass is 173 g/mol. The van der Waals surface area contributed by atoms with E-state index in [0.717, 1.165) is 11.3 Å². The largest absolute Gasteiger partial charge is 0.500 e. The second kappa shape index (κ2) is 3.70. The smallest absolute Gasteiger partial charge is 0.470 e. The van der Waals surface area contributed by atoms with Crippen LogP contribution in [-0.2, 0) is 0 Å². The van der Waals surface area contributed by atoms with E-state index in [1.807, 2.05) is 6.92 Å². The molecule has 0 saturated heterocycles. The first-order valence-electron chi connectivity index (χ1n) is 3.18. The second-order valence-corrected chi connectivity index (χ2v) is 2.86. The Bertz CT molecular complexity index is 227. The lowest BCUT2D eigenvalue weighted by atomic mass is 9.91. The number of rotatable bonds is 3. The van der Waals surface area contributed by atoms with E-state index in [4.69, 9.17) is 14.8 Å². The van der Waals surface area contributed by atoms with Gasteiger partial charge in [-0.3, -0.25) is 0 Å². The number of nitrogens with zero attached hydrogens (tertiary/aromatic N) is 1. The lowest BCUT2D eigenvalue weighted by Crippen LogP contribution is -2.26. The minimum Gasteiger partial charge on any atom is -0.470 e. The van der Waals surface area contributed by atoms with Gasteiger partial charge < -0.3 is 14.8 Å². The summed E-state index contributed by atoms with van der Waals surface area (Å²) >= 11 is 1.13. The van der Waals surface area contributed by atoms with Gasteiger partial charge in [-0.05, 0) is 6.92 Å². The van der Waals surface area contributed by atoms with E-state index >= 15 is 0 Å². The summed E-state index contributed by atoms with van der Waals surface area (Å²) in [5, 5.41) is 17.8. The maximum absolute atomic E-state index is 8.68. The molecule has 1 rings (SSSR count). The lowest BCUT2D eigenvalue weighted by Gasteiger charge is -1.93. The Kier molecular flexibility index (Phi) is 2.87. The average Bonchev–Trinajstić information content (AvgIpc) is 2.37. The normalized spacial score (nSPS) is 9.73. The molecule has 0 radical (unpaired) electrons. The molecular weight excluding hydrogens is 165 g/mol. The number of aromatic nitrogens is 1. The third-order valence-corrected chi connectivity index (χ3v) is 1.97. The molecule has 2 N–H and O–H groups in total. The van der Waals surface area contributed by atoms with Crippen LogP contribution >= 0.6 is 11.3 Å². The van der Waals surface area contributed by atoms with E-state index in [0.29, 0.717) is 16.6 Å². The summed E-state index contributed by atoms with van der Waals surface area (Å²) in [7, 11) is -1.44. The molecule has 0 spiro atoms. The molecule has 4 nitrogen and oxygen atoms in total. The van der Waals surface area contributed by atoms with Gasteiger partial charge in [-0.2, -0.15) is 0 Å². The van der Waals surface area contributed by atoms with E-state index in [9.17, 15) is 0 Å². The highest BCUT2D eigenvalue weighted by Crippen LogP contribution is 2.11. The number of hydrogen-bond donors (Lipinski definition) is 2. The van der Waals surface area contributed by atoms with Gasteiger partial charge >= 0.3 is 7.12 Å². The lowest BCUT2D eigenvalue weighted by molar-refractivity contribution is 0.338. The molecule has 0 atom stereocenters. The van der Waals surface area contributed by atoms with Crippen molar-refractivity contribution in [3.05, 3.63) is 6.20 Å². The molecule has 0 unspecified atom stereocenters. The van der Waals surface area contributed by atoms with Gasteiger partial charge in [0.2, 0.25) is 0 Å². The zero-order chi connectivity index (χ0) is 8.27. The highest BCUT2D eigenvalue weighted by atomic mass is 32.1. The highest BCUT2D eigenvalue weighted by Gasteiger charge is 2.14. The maximum atomic E-state index is 8.68. The summed E-state index contributed by atoms with van der Waals surface area (Å²) in [6, 6.07) is 0. The van der Waals surface area contributed by atoms with Gasteiger partial charge in [-0.25, -0.2) is 4.98 Å². The number of ether oxygens (including phenoxy) is 1. The van der Waals surface area contributed by atoms with Crippen LogP contribution in [0.4, 0.5) is 0 Å². The quantitative estimate of drug-likeness (QED) is 0.588. The third-order valence-electron chi connectivity index (χ3n) is 1.02. The summed E-state index contributed by atoms with van der Waals surface area (Å²) in [6.45, 7) is 2.38. The number of thiazole rings is 1. The predicted molar refractivity (Wildman–Crippen MR) is 43.1 cm³/mol. The molecule has 0 aromatic carbocycles. The Hall–Kier alpha value is -0.585. The standard InChI is InChI=1S/C5H8BNO3S/c1-2-10-5-7-3-4(11-5)6(8)9/h3,8-9H,2H2,1H3. The van der Waals surface area contributed by atoms with Crippen LogP contribution in [0.1, 0.15) is 6.92 Å². The Balaban J connectivity index is 2.66. The molecule has 1 aromatic rings. The van der Waals surface area contributed by atoms with Crippen molar-refractivity contribution in [2.75, 3.05) is 6.61 Å². The molecule has 0 aliphatic carbocycles. The average molecular weight is 173 g/mol. The van der Waals surface area contributed by atoms with Crippen molar-refractivity contribution in [2.45, 2.75) is 6.92 Å². The fraction of sp³-hybridized carbons (Fsp3) is 0.400. The molecule has 6 heteroatoms. The SMILES string of the molecule is CCOc1ncc(B(O)O)s1. The molecule has 0 aliphatic rings. The van der Waals surface area contributed by atoms with Gasteiger partial charge in [0.25, 0.3) is 5.19 Å². The highest BCUT2D eigenvalue weighted by molar-refractivity contribution is 7.23. The van der Waals surface area contributed by atoms with Gasteiger partial charge in [-0.15, -0.1) is 0 Å². The van der Waals surface area contributed by atoms with Crippen molar-refractivity contribution in [3.63, 3.8) is 0 Å². The predicted octanol–water partition coefficient (Wildman–Crippen LogP) is -0.778. The molecule has 0 bridgehead atoms. The van der Waals surface area contributed by atoms with Crippen LogP contribution < -0.4 is 9.51 Å². The first-order valence-corrected chi connectivity index (χ1v) is 4.00. The first kappa shape index (κ1) is 8.51. The molecule has 0 fully saturated rings. The van der Waals surface area contributed by atoms with Crippen LogP contribution in [0, 0.1) is 0 Å². The van der Waals surface area contributed by atoms with Crippen molar-refractivity contribution in [3.8, 4) is 5.19 Å². The summed E-state index contributed by atoms with van der Waals surface area (Å²) in [6.07, 6.45) is 1.39. The maximum Gasteiger partial charge on any atom is 0.500 e. The van der Waals surface area contributed by atoms with Crippen molar-refractivity contribution in [2.24, 2.45) is 0 Å². The Morgan fingerprint density at radius 3 is 2.91 bits per heavy atom. The van der Waals surface area contributed by atoms with Crippen LogP contribution in [0.25, 0.3) is 0 Å². The summed E-state index contributed by atoms with van der Waals surface area (Å²) in [5.74, 6) is 0. The van der Waals surface area contributed by atoms with Gasteiger partial charge in [0.1, 0.15) is 0 Å².